The molecule has 130 valence electrons. The number of aromatic nitrogens is 4. The molecule has 0 bridgehead atoms. The van der Waals surface area contributed by atoms with E-state index in [1.165, 1.54) is 0 Å². The average molecular weight is 346 g/mol. The molecule has 0 amide bonds. The van der Waals surface area contributed by atoms with Gasteiger partial charge in [0, 0.05) is 11.8 Å². The monoisotopic (exact) mass is 346 g/mol. The maximum Gasteiger partial charge on any atom is 0.261 e. The van der Waals surface area contributed by atoms with Gasteiger partial charge >= 0.3 is 0 Å². The molecule has 6 heteroatoms. The SMILES string of the molecule is COc1cccc(C(C)n2cnc3ccc(-c4cn[nH]c4)cc3c2=O)c1. The van der Waals surface area contributed by atoms with Gasteiger partial charge in [-0.1, -0.05) is 18.2 Å². The minimum absolute atomic E-state index is 0.0735. The van der Waals surface area contributed by atoms with Crippen LogP contribution in [0.2, 0.25) is 0 Å². The second kappa shape index (κ2) is 6.48. The Hall–Kier alpha value is -3.41. The van der Waals surface area contributed by atoms with Gasteiger partial charge in [0.05, 0.1) is 36.6 Å². The fourth-order valence-electron chi connectivity index (χ4n) is 3.06. The summed E-state index contributed by atoms with van der Waals surface area (Å²) >= 11 is 0. The minimum atomic E-state index is -0.160. The first kappa shape index (κ1) is 16.1. The number of nitrogens with one attached hydrogen (secondary N) is 1. The molecule has 0 aliphatic rings. The van der Waals surface area contributed by atoms with E-state index in [-0.39, 0.29) is 11.6 Å². The molecule has 0 saturated carbocycles. The highest BCUT2D eigenvalue weighted by Crippen LogP contribution is 2.23. The quantitative estimate of drug-likeness (QED) is 0.615. The predicted molar refractivity (Wildman–Crippen MR) is 100 cm³/mol. The third kappa shape index (κ3) is 2.75. The van der Waals surface area contributed by atoms with Gasteiger partial charge in [0.2, 0.25) is 0 Å². The number of rotatable bonds is 4. The Morgan fingerprint density at radius 2 is 2.04 bits per heavy atom. The summed E-state index contributed by atoms with van der Waals surface area (Å²) in [5, 5.41) is 7.34. The van der Waals surface area contributed by atoms with E-state index in [1.54, 1.807) is 30.4 Å². The zero-order valence-corrected chi connectivity index (χ0v) is 14.5. The molecule has 0 saturated heterocycles. The third-order valence-electron chi connectivity index (χ3n) is 4.61. The van der Waals surface area contributed by atoms with Crippen LogP contribution >= 0.6 is 0 Å². The van der Waals surface area contributed by atoms with Crippen LogP contribution in [0.25, 0.3) is 22.0 Å². The minimum Gasteiger partial charge on any atom is -0.497 e. The fourth-order valence-corrected chi connectivity index (χ4v) is 3.06. The summed E-state index contributed by atoms with van der Waals surface area (Å²) in [5.41, 5.74) is 3.45. The average Bonchev–Trinajstić information content (AvgIpc) is 3.22. The molecule has 6 nitrogen and oxygen atoms in total. The van der Waals surface area contributed by atoms with Crippen LogP contribution in [-0.2, 0) is 0 Å². The molecule has 2 aromatic heterocycles. The van der Waals surface area contributed by atoms with E-state index in [0.717, 1.165) is 22.4 Å². The van der Waals surface area contributed by atoms with Crippen molar-refractivity contribution in [3.63, 3.8) is 0 Å². The summed E-state index contributed by atoms with van der Waals surface area (Å²) in [6.45, 7) is 1.98. The van der Waals surface area contributed by atoms with Crippen molar-refractivity contribution < 1.29 is 4.74 Å². The third-order valence-corrected chi connectivity index (χ3v) is 4.61. The molecule has 4 aromatic rings. The molecule has 0 aliphatic carbocycles. The lowest BCUT2D eigenvalue weighted by molar-refractivity contribution is 0.413. The molecule has 4 rings (SSSR count). The first-order valence-electron chi connectivity index (χ1n) is 8.31. The zero-order chi connectivity index (χ0) is 18.1. The van der Waals surface area contributed by atoms with E-state index in [2.05, 4.69) is 15.2 Å². The number of hydrogen-bond acceptors (Lipinski definition) is 4. The Kier molecular flexibility index (Phi) is 4.01. The van der Waals surface area contributed by atoms with Gasteiger partial charge in [-0.3, -0.25) is 14.5 Å². The van der Waals surface area contributed by atoms with Crippen molar-refractivity contribution in [2.24, 2.45) is 0 Å². The van der Waals surface area contributed by atoms with E-state index in [9.17, 15) is 4.79 Å². The highest BCUT2D eigenvalue weighted by atomic mass is 16.5. The van der Waals surface area contributed by atoms with E-state index >= 15 is 0 Å². The molecule has 2 aromatic carbocycles. The van der Waals surface area contributed by atoms with Gasteiger partial charge in [0.15, 0.2) is 0 Å². The van der Waals surface area contributed by atoms with Crippen molar-refractivity contribution in [2.45, 2.75) is 13.0 Å². The molecule has 1 N–H and O–H groups in total. The standard InChI is InChI=1S/C20H18N4O2/c1-13(14-4-3-5-17(8-14)26-2)24-12-21-19-7-6-15(9-18(19)20(24)25)16-10-22-23-11-16/h3-13H,1-2H3,(H,22,23). The number of methoxy groups -OCH3 is 1. The van der Waals surface area contributed by atoms with Crippen LogP contribution in [0.1, 0.15) is 18.5 Å². The number of hydrogen-bond donors (Lipinski definition) is 1. The zero-order valence-electron chi connectivity index (χ0n) is 14.5. The van der Waals surface area contributed by atoms with Crippen LogP contribution in [0.15, 0.2) is 66.0 Å². The molecule has 1 atom stereocenters. The first-order chi connectivity index (χ1) is 12.7. The molecule has 0 spiro atoms. The van der Waals surface area contributed by atoms with Crippen LogP contribution < -0.4 is 10.3 Å². The van der Waals surface area contributed by atoms with Crippen LogP contribution in [0.4, 0.5) is 0 Å². The van der Waals surface area contributed by atoms with Crippen LogP contribution in [0.3, 0.4) is 0 Å². The molecule has 0 radical (unpaired) electrons. The molecule has 2 heterocycles. The Labute approximate surface area is 150 Å². The summed E-state index contributed by atoms with van der Waals surface area (Å²) < 4.78 is 6.94. The van der Waals surface area contributed by atoms with E-state index in [0.29, 0.717) is 10.9 Å². The number of aromatic amines is 1. The largest absolute Gasteiger partial charge is 0.497 e. The Balaban J connectivity index is 1.82. The smallest absolute Gasteiger partial charge is 0.261 e. The van der Waals surface area contributed by atoms with Gasteiger partial charge in [0.1, 0.15) is 5.75 Å². The molecule has 0 fully saturated rings. The fraction of sp³-hybridized carbons (Fsp3) is 0.150. The van der Waals surface area contributed by atoms with E-state index in [4.69, 9.17) is 4.74 Å². The number of ether oxygens (including phenoxy) is 1. The van der Waals surface area contributed by atoms with Crippen LogP contribution in [0, 0.1) is 0 Å². The highest BCUT2D eigenvalue weighted by Gasteiger charge is 2.13. The van der Waals surface area contributed by atoms with E-state index in [1.807, 2.05) is 49.4 Å². The summed E-state index contributed by atoms with van der Waals surface area (Å²) in [4.78, 5) is 17.5. The van der Waals surface area contributed by atoms with Crippen molar-refractivity contribution in [3.8, 4) is 16.9 Å². The number of nitrogens with zero attached hydrogens (tertiary/aromatic N) is 3. The molecule has 26 heavy (non-hydrogen) atoms. The van der Waals surface area contributed by atoms with Gasteiger partial charge in [0.25, 0.3) is 5.56 Å². The van der Waals surface area contributed by atoms with Gasteiger partial charge in [-0.05, 0) is 42.3 Å². The lowest BCUT2D eigenvalue weighted by atomic mass is 10.1. The molecular weight excluding hydrogens is 328 g/mol. The maximum absolute atomic E-state index is 13.1. The van der Waals surface area contributed by atoms with Crippen LogP contribution in [-0.4, -0.2) is 26.9 Å². The predicted octanol–water partition coefficient (Wildman–Crippen LogP) is 3.40. The van der Waals surface area contributed by atoms with Gasteiger partial charge in [-0.2, -0.15) is 5.10 Å². The molecular formula is C20H18N4O2. The van der Waals surface area contributed by atoms with Gasteiger partial charge in [-0.25, -0.2) is 4.98 Å². The lowest BCUT2D eigenvalue weighted by Gasteiger charge is -2.16. The second-order valence-electron chi connectivity index (χ2n) is 6.13. The second-order valence-corrected chi connectivity index (χ2v) is 6.13. The molecule has 1 unspecified atom stereocenters. The van der Waals surface area contributed by atoms with Crippen molar-refractivity contribution in [1.29, 1.82) is 0 Å². The van der Waals surface area contributed by atoms with Crippen molar-refractivity contribution >= 4 is 10.9 Å². The number of fused-ring (bicyclic) bond motifs is 1. The van der Waals surface area contributed by atoms with Crippen LogP contribution in [0.5, 0.6) is 5.75 Å². The normalized spacial score (nSPS) is 12.2. The van der Waals surface area contributed by atoms with E-state index < -0.39 is 0 Å². The lowest BCUT2D eigenvalue weighted by Crippen LogP contribution is -2.24. The van der Waals surface area contributed by atoms with Gasteiger partial charge in [-0.15, -0.1) is 0 Å². The van der Waals surface area contributed by atoms with Gasteiger partial charge < -0.3 is 4.74 Å². The van der Waals surface area contributed by atoms with Crippen molar-refractivity contribution in [2.75, 3.05) is 7.11 Å². The van der Waals surface area contributed by atoms with Crippen molar-refractivity contribution in [1.82, 2.24) is 19.7 Å². The number of benzene rings is 2. The number of H-pyrrole nitrogens is 1. The maximum atomic E-state index is 13.1. The summed E-state index contributed by atoms with van der Waals surface area (Å²) in [5.74, 6) is 0.762. The summed E-state index contributed by atoms with van der Waals surface area (Å²) in [6.07, 6.45) is 5.14. The summed E-state index contributed by atoms with van der Waals surface area (Å²) in [7, 11) is 1.63. The highest BCUT2D eigenvalue weighted by molar-refractivity contribution is 5.83. The topological polar surface area (TPSA) is 72.8 Å². The van der Waals surface area contributed by atoms with Crippen molar-refractivity contribution in [3.05, 3.63) is 77.1 Å². The first-order valence-corrected chi connectivity index (χ1v) is 8.31. The molecule has 0 aliphatic heterocycles. The Morgan fingerprint density at radius 1 is 1.15 bits per heavy atom. The Morgan fingerprint density at radius 3 is 2.81 bits per heavy atom. The summed E-state index contributed by atoms with van der Waals surface area (Å²) in [6, 6.07) is 13.2. The Bertz CT molecular complexity index is 1120.